The minimum Gasteiger partial charge on any atom is -0.389 e. The molecule has 1 aliphatic rings. The number of nitrogens with one attached hydrogen (secondary N) is 1. The summed E-state index contributed by atoms with van der Waals surface area (Å²) in [6, 6.07) is 4.11. The molecule has 1 atom stereocenters. The van der Waals surface area contributed by atoms with Crippen LogP contribution in [0.5, 0.6) is 0 Å². The maximum absolute atomic E-state index is 6.00. The molecular weight excluding hydrogens is 270 g/mol. The molecule has 0 spiro atoms. The van der Waals surface area contributed by atoms with E-state index in [4.69, 9.17) is 22.7 Å². The predicted molar refractivity (Wildman–Crippen MR) is 86.0 cm³/mol. The lowest BCUT2D eigenvalue weighted by molar-refractivity contribution is -0.0864. The summed E-state index contributed by atoms with van der Waals surface area (Å²) in [5.74, 6) is 0.785. The molecule has 4 nitrogen and oxygen atoms in total. The monoisotopic (exact) mass is 293 g/mol. The molecule has 0 radical (unpaired) electrons. The van der Waals surface area contributed by atoms with E-state index in [0.717, 1.165) is 43.7 Å². The van der Waals surface area contributed by atoms with Crippen molar-refractivity contribution in [3.8, 4) is 0 Å². The molecule has 0 aromatic carbocycles. The first-order valence-electron chi connectivity index (χ1n) is 7.25. The number of thiocarbonyl (C=S) groups is 1. The Kier molecular flexibility index (Phi) is 4.94. The summed E-state index contributed by atoms with van der Waals surface area (Å²) in [5, 5.41) is 3.50. The third-order valence-electron chi connectivity index (χ3n) is 4.20. The molecule has 1 aromatic rings. The summed E-state index contributed by atoms with van der Waals surface area (Å²) >= 11 is 5.08. The van der Waals surface area contributed by atoms with Crippen LogP contribution in [0.2, 0.25) is 0 Å². The van der Waals surface area contributed by atoms with E-state index in [9.17, 15) is 0 Å². The highest BCUT2D eigenvalue weighted by Crippen LogP contribution is 2.32. The van der Waals surface area contributed by atoms with Gasteiger partial charge in [0.15, 0.2) is 0 Å². The van der Waals surface area contributed by atoms with E-state index in [1.807, 2.05) is 12.1 Å². The molecule has 1 fully saturated rings. The molecule has 0 aliphatic carbocycles. The van der Waals surface area contributed by atoms with Gasteiger partial charge in [0, 0.05) is 18.8 Å². The van der Waals surface area contributed by atoms with Crippen molar-refractivity contribution in [3.05, 3.63) is 23.9 Å². The fourth-order valence-corrected chi connectivity index (χ4v) is 2.97. The Morgan fingerprint density at radius 1 is 1.55 bits per heavy atom. The Labute approximate surface area is 126 Å². The second-order valence-electron chi connectivity index (χ2n) is 5.34. The molecule has 20 heavy (non-hydrogen) atoms. The molecule has 0 saturated carbocycles. The number of hydrogen-bond donors (Lipinski definition) is 2. The van der Waals surface area contributed by atoms with Gasteiger partial charge in [-0.05, 0) is 37.8 Å². The standard InChI is InChI=1S/C15H23N3OS/c1-3-15(4-2)10-11(7-9-19-15)18-14-12(13(16)20)6-5-8-17-14/h5-6,8,11H,3-4,7,9-10H2,1-2H3,(H2,16,20)(H,17,18). The van der Waals surface area contributed by atoms with Crippen molar-refractivity contribution in [3.63, 3.8) is 0 Å². The Bertz CT molecular complexity index is 474. The number of hydrogen-bond acceptors (Lipinski definition) is 4. The number of pyridine rings is 1. The van der Waals surface area contributed by atoms with Gasteiger partial charge in [-0.2, -0.15) is 0 Å². The summed E-state index contributed by atoms with van der Waals surface area (Å²) in [7, 11) is 0. The van der Waals surface area contributed by atoms with Crippen LogP contribution < -0.4 is 11.1 Å². The highest BCUT2D eigenvalue weighted by Gasteiger charge is 2.34. The van der Waals surface area contributed by atoms with Gasteiger partial charge < -0.3 is 15.8 Å². The first-order chi connectivity index (χ1) is 9.60. The van der Waals surface area contributed by atoms with Gasteiger partial charge in [-0.25, -0.2) is 4.98 Å². The van der Waals surface area contributed by atoms with Crippen LogP contribution in [0.15, 0.2) is 18.3 Å². The number of ether oxygens (including phenoxy) is 1. The largest absolute Gasteiger partial charge is 0.389 e. The van der Waals surface area contributed by atoms with Crippen LogP contribution in [-0.2, 0) is 4.74 Å². The molecule has 2 heterocycles. The Morgan fingerprint density at radius 3 is 2.95 bits per heavy atom. The van der Waals surface area contributed by atoms with Crippen LogP contribution in [0.4, 0.5) is 5.82 Å². The molecule has 3 N–H and O–H groups in total. The Balaban J connectivity index is 2.12. The Hall–Kier alpha value is -1.20. The maximum atomic E-state index is 6.00. The van der Waals surface area contributed by atoms with E-state index in [2.05, 4.69) is 24.1 Å². The van der Waals surface area contributed by atoms with Gasteiger partial charge in [-0.15, -0.1) is 0 Å². The zero-order chi connectivity index (χ0) is 14.6. The molecular formula is C15H23N3OS. The fraction of sp³-hybridized carbons (Fsp3) is 0.600. The lowest BCUT2D eigenvalue weighted by Gasteiger charge is -2.40. The van der Waals surface area contributed by atoms with Gasteiger partial charge in [0.2, 0.25) is 0 Å². The van der Waals surface area contributed by atoms with E-state index in [0.29, 0.717) is 11.0 Å². The summed E-state index contributed by atoms with van der Waals surface area (Å²) in [4.78, 5) is 4.75. The van der Waals surface area contributed by atoms with E-state index >= 15 is 0 Å². The molecule has 2 rings (SSSR count). The lowest BCUT2D eigenvalue weighted by atomic mass is 9.86. The van der Waals surface area contributed by atoms with Crippen LogP contribution >= 0.6 is 12.2 Å². The fourth-order valence-electron chi connectivity index (χ4n) is 2.81. The Morgan fingerprint density at radius 2 is 2.30 bits per heavy atom. The van der Waals surface area contributed by atoms with Gasteiger partial charge >= 0.3 is 0 Å². The molecule has 0 bridgehead atoms. The van der Waals surface area contributed by atoms with Crippen molar-refractivity contribution in [2.45, 2.75) is 51.2 Å². The maximum Gasteiger partial charge on any atom is 0.136 e. The van der Waals surface area contributed by atoms with E-state index < -0.39 is 0 Å². The summed E-state index contributed by atoms with van der Waals surface area (Å²) < 4.78 is 6.00. The highest BCUT2D eigenvalue weighted by molar-refractivity contribution is 7.80. The second-order valence-corrected chi connectivity index (χ2v) is 5.78. The van der Waals surface area contributed by atoms with Crippen LogP contribution in [0.3, 0.4) is 0 Å². The van der Waals surface area contributed by atoms with E-state index in [1.165, 1.54) is 0 Å². The van der Waals surface area contributed by atoms with Crippen LogP contribution in [-0.4, -0.2) is 28.2 Å². The van der Waals surface area contributed by atoms with Crippen molar-refractivity contribution in [2.75, 3.05) is 11.9 Å². The van der Waals surface area contributed by atoms with Crippen LogP contribution in [0, 0.1) is 0 Å². The molecule has 1 unspecified atom stereocenters. The molecule has 1 aromatic heterocycles. The zero-order valence-electron chi connectivity index (χ0n) is 12.2. The number of nitrogens with two attached hydrogens (primary N) is 1. The minimum atomic E-state index is -0.00587. The van der Waals surface area contributed by atoms with Crippen molar-refractivity contribution in [1.29, 1.82) is 0 Å². The van der Waals surface area contributed by atoms with Crippen LogP contribution in [0.1, 0.15) is 45.1 Å². The number of aromatic nitrogens is 1. The topological polar surface area (TPSA) is 60.2 Å². The first-order valence-corrected chi connectivity index (χ1v) is 7.66. The molecule has 5 heteroatoms. The SMILES string of the molecule is CCC1(CC)CC(Nc2ncccc2C(N)=S)CCO1. The quantitative estimate of drug-likeness (QED) is 0.818. The smallest absolute Gasteiger partial charge is 0.136 e. The third kappa shape index (κ3) is 3.27. The van der Waals surface area contributed by atoms with E-state index in [1.54, 1.807) is 6.20 Å². The predicted octanol–water partition coefficient (Wildman–Crippen LogP) is 2.87. The first kappa shape index (κ1) is 15.2. The minimum absolute atomic E-state index is 0.00587. The lowest BCUT2D eigenvalue weighted by Crippen LogP contribution is -2.44. The van der Waals surface area contributed by atoms with Crippen LogP contribution in [0.25, 0.3) is 0 Å². The molecule has 1 saturated heterocycles. The molecule has 0 amide bonds. The number of anilines is 1. The van der Waals surface area contributed by atoms with Crippen molar-refractivity contribution < 1.29 is 4.74 Å². The van der Waals surface area contributed by atoms with Crippen molar-refractivity contribution >= 4 is 23.0 Å². The third-order valence-corrected chi connectivity index (χ3v) is 4.42. The highest BCUT2D eigenvalue weighted by atomic mass is 32.1. The summed E-state index contributed by atoms with van der Waals surface area (Å²) in [6.07, 6.45) is 5.80. The summed E-state index contributed by atoms with van der Waals surface area (Å²) in [6.45, 7) is 5.16. The number of nitrogens with zero attached hydrogens (tertiary/aromatic N) is 1. The van der Waals surface area contributed by atoms with Gasteiger partial charge in [0.1, 0.15) is 10.8 Å². The van der Waals surface area contributed by atoms with Gasteiger partial charge in [0.25, 0.3) is 0 Å². The normalized spacial score (nSPS) is 21.4. The van der Waals surface area contributed by atoms with Gasteiger partial charge in [0.05, 0.1) is 11.2 Å². The molecule has 1 aliphatic heterocycles. The van der Waals surface area contributed by atoms with Crippen molar-refractivity contribution in [1.82, 2.24) is 4.98 Å². The molecule has 110 valence electrons. The van der Waals surface area contributed by atoms with Gasteiger partial charge in [-0.3, -0.25) is 0 Å². The number of rotatable bonds is 5. The second kappa shape index (κ2) is 6.50. The zero-order valence-corrected chi connectivity index (χ0v) is 13.0. The van der Waals surface area contributed by atoms with Gasteiger partial charge in [-0.1, -0.05) is 26.1 Å². The average molecular weight is 293 g/mol. The summed E-state index contributed by atoms with van der Waals surface area (Å²) in [5.41, 5.74) is 6.56. The average Bonchev–Trinajstić information content (AvgIpc) is 2.47. The van der Waals surface area contributed by atoms with E-state index in [-0.39, 0.29) is 5.60 Å². The van der Waals surface area contributed by atoms with Crippen molar-refractivity contribution in [2.24, 2.45) is 5.73 Å².